The molecule has 1 saturated heterocycles. The SMILES string of the molecule is CCCc1ccc(C(=O)N2CCN(S(=O)(=O)c3cccc4nsnc34)CC2)cc1. The first kappa shape index (κ1) is 19.9. The summed E-state index contributed by atoms with van der Waals surface area (Å²) in [6.45, 7) is 3.37. The van der Waals surface area contributed by atoms with Crippen LogP contribution >= 0.6 is 11.7 Å². The van der Waals surface area contributed by atoms with Crippen LogP contribution < -0.4 is 0 Å². The van der Waals surface area contributed by atoms with Gasteiger partial charge in [0.25, 0.3) is 5.91 Å². The van der Waals surface area contributed by atoms with E-state index in [1.807, 2.05) is 24.3 Å². The Bertz CT molecular complexity index is 1120. The number of aromatic nitrogens is 2. The number of benzene rings is 2. The third-order valence-electron chi connectivity index (χ3n) is 5.13. The maximum Gasteiger partial charge on any atom is 0.253 e. The Morgan fingerprint density at radius 2 is 1.76 bits per heavy atom. The van der Waals surface area contributed by atoms with Crippen molar-refractivity contribution in [2.75, 3.05) is 26.2 Å². The topological polar surface area (TPSA) is 83.5 Å². The third-order valence-corrected chi connectivity index (χ3v) is 7.61. The predicted molar refractivity (Wildman–Crippen MR) is 113 cm³/mol. The Hall–Kier alpha value is -2.36. The van der Waals surface area contributed by atoms with Crippen molar-refractivity contribution >= 4 is 38.7 Å². The van der Waals surface area contributed by atoms with Crippen LogP contribution in [-0.2, 0) is 16.4 Å². The maximum atomic E-state index is 13.1. The minimum absolute atomic E-state index is 0.0594. The van der Waals surface area contributed by atoms with E-state index < -0.39 is 10.0 Å². The highest BCUT2D eigenvalue weighted by Crippen LogP contribution is 2.25. The van der Waals surface area contributed by atoms with Gasteiger partial charge in [0.1, 0.15) is 15.9 Å². The predicted octanol–water partition coefficient (Wildman–Crippen LogP) is 2.79. The summed E-state index contributed by atoms with van der Waals surface area (Å²) in [4.78, 5) is 14.7. The van der Waals surface area contributed by atoms with Crippen LogP contribution in [0.3, 0.4) is 0 Å². The second-order valence-electron chi connectivity index (χ2n) is 7.03. The molecule has 0 aliphatic carbocycles. The molecule has 0 atom stereocenters. The molecule has 1 aliphatic rings. The number of hydrogen-bond donors (Lipinski definition) is 0. The van der Waals surface area contributed by atoms with E-state index in [1.165, 1.54) is 9.87 Å². The first-order chi connectivity index (χ1) is 14.0. The Balaban J connectivity index is 1.46. The highest BCUT2D eigenvalue weighted by molar-refractivity contribution is 7.89. The maximum absolute atomic E-state index is 13.1. The van der Waals surface area contributed by atoms with Crippen molar-refractivity contribution in [2.45, 2.75) is 24.7 Å². The number of hydrogen-bond acceptors (Lipinski definition) is 6. The molecule has 0 unspecified atom stereocenters. The number of carbonyl (C=O) groups excluding carboxylic acids is 1. The van der Waals surface area contributed by atoms with Crippen LogP contribution in [0, 0.1) is 0 Å². The first-order valence-electron chi connectivity index (χ1n) is 9.60. The normalized spacial score (nSPS) is 15.7. The van der Waals surface area contributed by atoms with Gasteiger partial charge in [0, 0.05) is 31.7 Å². The minimum Gasteiger partial charge on any atom is -0.336 e. The number of nitrogens with zero attached hydrogens (tertiary/aromatic N) is 4. The zero-order valence-corrected chi connectivity index (χ0v) is 17.7. The molecule has 1 fully saturated rings. The fraction of sp³-hybridized carbons (Fsp3) is 0.350. The van der Waals surface area contributed by atoms with Crippen molar-refractivity contribution in [1.29, 1.82) is 0 Å². The third kappa shape index (κ3) is 3.90. The van der Waals surface area contributed by atoms with E-state index in [4.69, 9.17) is 0 Å². The van der Waals surface area contributed by atoms with E-state index in [-0.39, 0.29) is 23.9 Å². The summed E-state index contributed by atoms with van der Waals surface area (Å²) < 4.78 is 35.9. The van der Waals surface area contributed by atoms with Crippen molar-refractivity contribution in [3.63, 3.8) is 0 Å². The van der Waals surface area contributed by atoms with Crippen LogP contribution in [0.1, 0.15) is 29.3 Å². The van der Waals surface area contributed by atoms with Gasteiger partial charge in [-0.3, -0.25) is 4.79 Å². The molecule has 9 heteroatoms. The molecule has 4 rings (SSSR count). The van der Waals surface area contributed by atoms with Crippen LogP contribution in [0.15, 0.2) is 47.4 Å². The summed E-state index contributed by atoms with van der Waals surface area (Å²) in [6, 6.07) is 12.7. The van der Waals surface area contributed by atoms with Gasteiger partial charge in [0.2, 0.25) is 10.0 Å². The molecule has 1 aliphatic heterocycles. The number of rotatable bonds is 5. The molecule has 0 bridgehead atoms. The fourth-order valence-corrected chi connectivity index (χ4v) is 5.72. The van der Waals surface area contributed by atoms with E-state index in [1.54, 1.807) is 23.1 Å². The zero-order valence-electron chi connectivity index (χ0n) is 16.1. The molecule has 0 spiro atoms. The molecular weight excluding hydrogens is 408 g/mol. The molecule has 152 valence electrons. The van der Waals surface area contributed by atoms with Crippen molar-refractivity contribution in [3.8, 4) is 0 Å². The number of sulfonamides is 1. The highest BCUT2D eigenvalue weighted by atomic mass is 32.2. The summed E-state index contributed by atoms with van der Waals surface area (Å²) in [5, 5.41) is 0. The fourth-order valence-electron chi connectivity index (χ4n) is 3.55. The van der Waals surface area contributed by atoms with Crippen molar-refractivity contribution in [3.05, 3.63) is 53.6 Å². The Morgan fingerprint density at radius 3 is 2.45 bits per heavy atom. The molecule has 7 nitrogen and oxygen atoms in total. The van der Waals surface area contributed by atoms with Crippen LogP contribution in [-0.4, -0.2) is 58.5 Å². The van der Waals surface area contributed by atoms with Crippen LogP contribution in [0.4, 0.5) is 0 Å². The van der Waals surface area contributed by atoms with E-state index in [0.29, 0.717) is 29.7 Å². The Labute approximate surface area is 174 Å². The lowest BCUT2D eigenvalue weighted by Crippen LogP contribution is -2.50. The highest BCUT2D eigenvalue weighted by Gasteiger charge is 2.32. The van der Waals surface area contributed by atoms with Gasteiger partial charge in [-0.25, -0.2) is 8.42 Å². The molecule has 3 aromatic rings. The van der Waals surface area contributed by atoms with E-state index in [2.05, 4.69) is 15.7 Å². The van der Waals surface area contributed by atoms with Gasteiger partial charge in [-0.05, 0) is 36.2 Å². The summed E-state index contributed by atoms with van der Waals surface area (Å²) >= 11 is 1.000. The average molecular weight is 431 g/mol. The van der Waals surface area contributed by atoms with Gasteiger partial charge in [-0.1, -0.05) is 31.5 Å². The monoisotopic (exact) mass is 430 g/mol. The second kappa shape index (κ2) is 8.17. The molecule has 1 aromatic heterocycles. The van der Waals surface area contributed by atoms with Gasteiger partial charge < -0.3 is 4.90 Å². The van der Waals surface area contributed by atoms with E-state index in [9.17, 15) is 13.2 Å². The van der Waals surface area contributed by atoms with Crippen molar-refractivity contribution in [1.82, 2.24) is 18.0 Å². The molecular formula is C20H22N4O3S2. The summed E-state index contributed by atoms with van der Waals surface area (Å²) in [7, 11) is -3.68. The summed E-state index contributed by atoms with van der Waals surface area (Å²) in [6.07, 6.45) is 2.06. The molecule has 2 heterocycles. The first-order valence-corrected chi connectivity index (χ1v) is 11.8. The van der Waals surface area contributed by atoms with Gasteiger partial charge in [0.05, 0.1) is 11.7 Å². The Morgan fingerprint density at radius 1 is 1.03 bits per heavy atom. The quantitative estimate of drug-likeness (QED) is 0.622. The second-order valence-corrected chi connectivity index (χ2v) is 9.47. The largest absolute Gasteiger partial charge is 0.336 e. The average Bonchev–Trinajstić information content (AvgIpc) is 3.23. The molecule has 29 heavy (non-hydrogen) atoms. The number of piperazine rings is 1. The number of carbonyl (C=O) groups is 1. The van der Waals surface area contributed by atoms with Crippen molar-refractivity contribution in [2.24, 2.45) is 0 Å². The van der Waals surface area contributed by atoms with Crippen LogP contribution in [0.25, 0.3) is 11.0 Å². The molecule has 1 amide bonds. The minimum atomic E-state index is -3.68. The summed E-state index contributed by atoms with van der Waals surface area (Å²) in [5.74, 6) is -0.0594. The van der Waals surface area contributed by atoms with Crippen LogP contribution in [0.2, 0.25) is 0 Å². The van der Waals surface area contributed by atoms with Gasteiger partial charge in [-0.2, -0.15) is 13.1 Å². The lowest BCUT2D eigenvalue weighted by molar-refractivity contribution is 0.0698. The van der Waals surface area contributed by atoms with Gasteiger partial charge >= 0.3 is 0 Å². The molecule has 0 radical (unpaired) electrons. The Kier molecular flexibility index (Phi) is 5.62. The molecule has 2 aromatic carbocycles. The number of amides is 1. The number of fused-ring (bicyclic) bond motifs is 1. The summed E-state index contributed by atoms with van der Waals surface area (Å²) in [5.41, 5.74) is 2.84. The lowest BCUT2D eigenvalue weighted by atomic mass is 10.1. The number of aryl methyl sites for hydroxylation is 1. The van der Waals surface area contributed by atoms with Crippen LogP contribution in [0.5, 0.6) is 0 Å². The molecule has 0 N–H and O–H groups in total. The standard InChI is InChI=1S/C20H22N4O3S2/c1-2-4-15-7-9-16(10-8-15)20(25)23-11-13-24(14-12-23)29(26,27)18-6-3-5-17-19(18)22-28-21-17/h3,5-10H,2,4,11-14H2,1H3. The smallest absolute Gasteiger partial charge is 0.253 e. The molecule has 0 saturated carbocycles. The van der Waals surface area contributed by atoms with E-state index in [0.717, 1.165) is 24.6 Å². The zero-order chi connectivity index (χ0) is 20.4. The van der Waals surface area contributed by atoms with Gasteiger partial charge in [-0.15, -0.1) is 0 Å². The lowest BCUT2D eigenvalue weighted by Gasteiger charge is -2.34. The van der Waals surface area contributed by atoms with E-state index >= 15 is 0 Å². The van der Waals surface area contributed by atoms with Gasteiger partial charge in [0.15, 0.2) is 0 Å². The van der Waals surface area contributed by atoms with Crippen molar-refractivity contribution < 1.29 is 13.2 Å².